The van der Waals surface area contributed by atoms with Crippen LogP contribution in [0.1, 0.15) is 59.2 Å². The van der Waals surface area contributed by atoms with E-state index in [0.717, 1.165) is 17.7 Å². The van der Waals surface area contributed by atoms with E-state index >= 15 is 0 Å². The normalized spacial score (nSPS) is 15.1. The van der Waals surface area contributed by atoms with Gasteiger partial charge in [0.15, 0.2) is 0 Å². The third-order valence-corrected chi connectivity index (χ3v) is 8.75. The van der Waals surface area contributed by atoms with Crippen molar-refractivity contribution in [2.75, 3.05) is 144 Å². The third kappa shape index (κ3) is 21.1. The van der Waals surface area contributed by atoms with E-state index in [4.69, 9.17) is 52.1 Å². The summed E-state index contributed by atoms with van der Waals surface area (Å²) in [6, 6.07) is 3.53. The minimum atomic E-state index is -1.07. The minimum Gasteiger partial charge on any atom is -0.499 e. The van der Waals surface area contributed by atoms with Gasteiger partial charge in [0.25, 0.3) is 11.8 Å². The molecule has 0 saturated carbocycles. The van der Waals surface area contributed by atoms with E-state index in [9.17, 15) is 24.0 Å². The lowest BCUT2D eigenvalue weighted by Crippen LogP contribution is -2.54. The van der Waals surface area contributed by atoms with Crippen LogP contribution in [-0.4, -0.2) is 179 Å². The molecule has 2 aliphatic heterocycles. The molecule has 1 fully saturated rings. The molecule has 19 heteroatoms. The van der Waals surface area contributed by atoms with Crippen molar-refractivity contribution in [2.45, 2.75) is 44.6 Å². The Balaban J connectivity index is 1.00. The summed E-state index contributed by atoms with van der Waals surface area (Å²) in [7, 11) is 0. The van der Waals surface area contributed by atoms with Gasteiger partial charge in [-0.2, -0.15) is 0 Å². The first-order valence-electron chi connectivity index (χ1n) is 20.6. The Labute approximate surface area is 351 Å². The number of benzene rings is 1. The lowest BCUT2D eigenvalue weighted by molar-refractivity contribution is -0.136. The fraction of sp³-hybridized carbons (Fsp3) is 0.683. The van der Waals surface area contributed by atoms with Crippen molar-refractivity contribution in [3.05, 3.63) is 42.2 Å². The van der Waals surface area contributed by atoms with Crippen LogP contribution in [0.25, 0.3) is 0 Å². The van der Waals surface area contributed by atoms with Gasteiger partial charge in [0, 0.05) is 19.4 Å². The molecule has 1 atom stereocenters. The predicted octanol–water partition coefficient (Wildman–Crippen LogP) is 1.91. The van der Waals surface area contributed by atoms with Gasteiger partial charge >= 0.3 is 0 Å². The zero-order valence-electron chi connectivity index (χ0n) is 34.7. The molecule has 3 rings (SSSR count). The number of carbonyl (C=O) groups excluding carboxylic acids is 5. The summed E-state index contributed by atoms with van der Waals surface area (Å²) < 4.78 is 59.7. The van der Waals surface area contributed by atoms with Crippen LogP contribution in [-0.2, 0) is 66.5 Å². The molecule has 338 valence electrons. The van der Waals surface area contributed by atoms with Crippen molar-refractivity contribution in [1.82, 2.24) is 10.2 Å². The van der Waals surface area contributed by atoms with Gasteiger partial charge in [-0.25, -0.2) is 0 Å². The van der Waals surface area contributed by atoms with Crippen molar-refractivity contribution in [1.29, 1.82) is 0 Å². The lowest BCUT2D eigenvalue weighted by atomic mass is 10.0. The number of hydrogen-bond acceptors (Lipinski definition) is 16. The van der Waals surface area contributed by atoms with Gasteiger partial charge < -0.3 is 57.4 Å². The molecular weight excluding hydrogens is 790 g/mol. The zero-order valence-corrected chi connectivity index (χ0v) is 34.7. The van der Waals surface area contributed by atoms with Crippen molar-refractivity contribution in [2.24, 2.45) is 0 Å². The molecule has 0 radical (unpaired) electrons. The summed E-state index contributed by atoms with van der Waals surface area (Å²) in [5.74, 6) is -2.72. The highest BCUT2D eigenvalue weighted by atomic mass is 16.6. The zero-order chi connectivity index (χ0) is 42.9. The molecule has 1 unspecified atom stereocenters. The van der Waals surface area contributed by atoms with Gasteiger partial charge in [-0.15, -0.1) is 0 Å². The van der Waals surface area contributed by atoms with E-state index in [2.05, 4.69) is 17.2 Å². The molecule has 19 nitrogen and oxygen atoms in total. The number of ether oxygens (including phenoxy) is 11. The number of fused-ring (bicyclic) bond motifs is 1. The number of unbranched alkanes of at least 4 members (excludes halogenated alkanes) is 2. The van der Waals surface area contributed by atoms with Gasteiger partial charge in [-0.1, -0.05) is 19.1 Å². The Morgan fingerprint density at radius 2 is 1.07 bits per heavy atom. The summed E-state index contributed by atoms with van der Waals surface area (Å²) in [6.07, 6.45) is 3.83. The first kappa shape index (κ1) is 50.5. The van der Waals surface area contributed by atoms with E-state index in [0.29, 0.717) is 145 Å². The van der Waals surface area contributed by atoms with Crippen molar-refractivity contribution in [3.63, 3.8) is 0 Å². The summed E-state index contributed by atoms with van der Waals surface area (Å²) in [6.45, 7) is 13.5. The maximum absolute atomic E-state index is 13.2. The lowest BCUT2D eigenvalue weighted by Gasteiger charge is -2.27. The number of imide groups is 2. The van der Waals surface area contributed by atoms with Gasteiger partial charge in [0.2, 0.25) is 17.7 Å². The molecule has 2 heterocycles. The maximum atomic E-state index is 13.2. The molecule has 0 aromatic heterocycles. The van der Waals surface area contributed by atoms with E-state index in [1.165, 1.54) is 12.3 Å². The van der Waals surface area contributed by atoms with E-state index in [1.54, 1.807) is 12.1 Å². The number of anilines is 1. The number of piperidine rings is 1. The molecule has 0 aliphatic carbocycles. The highest BCUT2D eigenvalue weighted by Crippen LogP contribution is 2.32. The minimum absolute atomic E-state index is 0.0271. The van der Waals surface area contributed by atoms with Gasteiger partial charge in [-0.3, -0.25) is 34.2 Å². The third-order valence-electron chi connectivity index (χ3n) is 8.75. The first-order valence-corrected chi connectivity index (χ1v) is 20.6. The molecule has 60 heavy (non-hydrogen) atoms. The van der Waals surface area contributed by atoms with Crippen molar-refractivity contribution < 1.29 is 76.1 Å². The van der Waals surface area contributed by atoms with E-state index in [-0.39, 0.29) is 42.0 Å². The molecule has 5 amide bonds. The Kier molecular flexibility index (Phi) is 27.6. The SMILES string of the molecule is C=COCCOCCOCCOCCOCCOCCOCCOCCOCCOCCOCCCCCC(=O)Nc1cccc2c1C(=O)N(C1CCC(=O)NC1=O)C2=O. The van der Waals surface area contributed by atoms with Crippen LogP contribution in [0, 0.1) is 0 Å². The second-order valence-electron chi connectivity index (χ2n) is 13.2. The Morgan fingerprint density at radius 3 is 1.52 bits per heavy atom. The van der Waals surface area contributed by atoms with Gasteiger partial charge in [-0.05, 0) is 31.4 Å². The average Bonchev–Trinajstić information content (AvgIpc) is 3.49. The molecule has 0 bridgehead atoms. The fourth-order valence-corrected chi connectivity index (χ4v) is 5.77. The number of nitrogens with zero attached hydrogens (tertiary/aromatic N) is 1. The molecule has 1 saturated heterocycles. The summed E-state index contributed by atoms with van der Waals surface area (Å²) >= 11 is 0. The van der Waals surface area contributed by atoms with Crippen LogP contribution in [0.4, 0.5) is 5.69 Å². The number of carbonyl (C=O) groups is 5. The molecular formula is C41H63N3O16. The topological polar surface area (TPSA) is 214 Å². The van der Waals surface area contributed by atoms with Gasteiger partial charge in [0.05, 0.1) is 149 Å². The summed E-state index contributed by atoms with van der Waals surface area (Å²) in [5.41, 5.74) is 0.378. The van der Waals surface area contributed by atoms with E-state index in [1.807, 2.05) is 0 Å². The first-order chi connectivity index (χ1) is 29.4. The van der Waals surface area contributed by atoms with Crippen molar-refractivity contribution in [3.8, 4) is 0 Å². The fourth-order valence-electron chi connectivity index (χ4n) is 5.77. The molecule has 1 aromatic rings. The van der Waals surface area contributed by atoms with E-state index < -0.39 is 29.7 Å². The second-order valence-corrected chi connectivity index (χ2v) is 13.2. The molecule has 0 spiro atoms. The summed E-state index contributed by atoms with van der Waals surface area (Å²) in [5, 5.41) is 4.90. The maximum Gasteiger partial charge on any atom is 0.264 e. The monoisotopic (exact) mass is 853 g/mol. The Hall–Kier alpha value is -3.89. The quantitative estimate of drug-likeness (QED) is 0.0550. The largest absolute Gasteiger partial charge is 0.499 e. The highest BCUT2D eigenvalue weighted by Gasteiger charge is 2.45. The van der Waals surface area contributed by atoms with Crippen LogP contribution in [0.5, 0.6) is 0 Å². The Morgan fingerprint density at radius 1 is 0.617 bits per heavy atom. The smallest absolute Gasteiger partial charge is 0.264 e. The van der Waals surface area contributed by atoms with Crippen molar-refractivity contribution >= 4 is 35.2 Å². The van der Waals surface area contributed by atoms with Crippen LogP contribution in [0.15, 0.2) is 31.0 Å². The number of hydrogen-bond donors (Lipinski definition) is 2. The molecule has 1 aromatic carbocycles. The standard InChI is InChI=1S/C41H63N3O16/c1-2-50-13-14-52-17-18-54-21-22-56-25-26-58-29-30-60-32-31-59-28-27-57-24-23-55-20-19-53-16-15-51-12-5-3-4-9-36(45)42-34-8-6-7-33-38(34)41(49)44(40(33)48)35-10-11-37(46)43-39(35)47/h2,6-8,35H,1,3-5,9-32H2,(H,42,45)(H,43,46,47). The number of rotatable bonds is 39. The van der Waals surface area contributed by atoms with Crippen LogP contribution >= 0.6 is 0 Å². The van der Waals surface area contributed by atoms with Crippen LogP contribution in [0.2, 0.25) is 0 Å². The number of nitrogens with one attached hydrogen (secondary N) is 2. The highest BCUT2D eigenvalue weighted by molar-refractivity contribution is 6.26. The number of amides is 5. The van der Waals surface area contributed by atoms with Gasteiger partial charge in [0.1, 0.15) is 12.6 Å². The Bertz CT molecular complexity index is 1420. The average molecular weight is 854 g/mol. The second kappa shape index (κ2) is 32.8. The molecule has 2 aliphatic rings. The predicted molar refractivity (Wildman–Crippen MR) is 215 cm³/mol. The molecule has 2 N–H and O–H groups in total. The van der Waals surface area contributed by atoms with Crippen LogP contribution < -0.4 is 10.6 Å². The summed E-state index contributed by atoms with van der Waals surface area (Å²) in [4.78, 5) is 63.6. The van der Waals surface area contributed by atoms with Crippen LogP contribution in [0.3, 0.4) is 0 Å².